The fourth-order valence-electron chi connectivity index (χ4n) is 2.30. The van der Waals surface area contributed by atoms with E-state index in [0.29, 0.717) is 22.6 Å². The summed E-state index contributed by atoms with van der Waals surface area (Å²) in [5.41, 5.74) is 1.58. The van der Waals surface area contributed by atoms with Gasteiger partial charge >= 0.3 is 0 Å². The molecule has 0 aliphatic heterocycles. The van der Waals surface area contributed by atoms with E-state index in [0.717, 1.165) is 0 Å². The SMILES string of the molecule is O=C(COc1ccc(NC(=O)c2ccccc2)cc1)c1ccc(F)cc1. The molecule has 0 radical (unpaired) electrons. The molecule has 0 aliphatic rings. The van der Waals surface area contributed by atoms with Gasteiger partial charge in [0.1, 0.15) is 11.6 Å². The molecule has 130 valence electrons. The maximum absolute atomic E-state index is 12.9. The molecule has 0 unspecified atom stereocenters. The van der Waals surface area contributed by atoms with Crippen LogP contribution in [-0.2, 0) is 0 Å². The third kappa shape index (κ3) is 4.54. The van der Waals surface area contributed by atoms with E-state index in [9.17, 15) is 14.0 Å². The van der Waals surface area contributed by atoms with Crippen molar-refractivity contribution in [3.8, 4) is 5.75 Å². The maximum atomic E-state index is 12.9. The molecule has 3 aromatic carbocycles. The van der Waals surface area contributed by atoms with Crippen molar-refractivity contribution in [2.45, 2.75) is 0 Å². The minimum atomic E-state index is -0.393. The summed E-state index contributed by atoms with van der Waals surface area (Å²) in [7, 11) is 0. The molecule has 26 heavy (non-hydrogen) atoms. The van der Waals surface area contributed by atoms with Crippen LogP contribution in [0, 0.1) is 5.82 Å². The van der Waals surface area contributed by atoms with Gasteiger partial charge in [0.2, 0.25) is 0 Å². The Morgan fingerprint density at radius 1 is 0.808 bits per heavy atom. The van der Waals surface area contributed by atoms with Crippen molar-refractivity contribution < 1.29 is 18.7 Å². The summed E-state index contributed by atoms with van der Waals surface area (Å²) in [6, 6.07) is 20.9. The van der Waals surface area contributed by atoms with Crippen LogP contribution in [0.5, 0.6) is 5.75 Å². The molecule has 3 aromatic rings. The molecule has 0 aromatic heterocycles. The lowest BCUT2D eigenvalue weighted by atomic mass is 10.1. The Balaban J connectivity index is 1.55. The Bertz CT molecular complexity index is 891. The average Bonchev–Trinajstić information content (AvgIpc) is 2.68. The topological polar surface area (TPSA) is 55.4 Å². The summed E-state index contributed by atoms with van der Waals surface area (Å²) in [5, 5.41) is 2.78. The zero-order chi connectivity index (χ0) is 18.4. The van der Waals surface area contributed by atoms with Crippen molar-refractivity contribution in [2.75, 3.05) is 11.9 Å². The van der Waals surface area contributed by atoms with E-state index in [2.05, 4.69) is 5.32 Å². The van der Waals surface area contributed by atoms with Crippen LogP contribution in [0.15, 0.2) is 78.9 Å². The van der Waals surface area contributed by atoms with Gasteiger partial charge in [-0.3, -0.25) is 9.59 Å². The Kier molecular flexibility index (Phi) is 5.39. The number of amides is 1. The number of hydrogen-bond donors (Lipinski definition) is 1. The first-order valence-electron chi connectivity index (χ1n) is 8.00. The Morgan fingerprint density at radius 2 is 1.46 bits per heavy atom. The van der Waals surface area contributed by atoms with Crippen LogP contribution in [0.2, 0.25) is 0 Å². The van der Waals surface area contributed by atoms with Gasteiger partial charge in [-0.25, -0.2) is 4.39 Å². The molecule has 0 aliphatic carbocycles. The highest BCUT2D eigenvalue weighted by molar-refractivity contribution is 6.04. The summed E-state index contributed by atoms with van der Waals surface area (Å²) in [4.78, 5) is 24.1. The average molecular weight is 349 g/mol. The zero-order valence-electron chi connectivity index (χ0n) is 13.8. The summed E-state index contributed by atoms with van der Waals surface area (Å²) >= 11 is 0. The largest absolute Gasteiger partial charge is 0.485 e. The van der Waals surface area contributed by atoms with Gasteiger partial charge in [0.05, 0.1) is 0 Å². The summed E-state index contributed by atoms with van der Waals surface area (Å²) < 4.78 is 18.3. The minimum Gasteiger partial charge on any atom is -0.485 e. The quantitative estimate of drug-likeness (QED) is 0.674. The van der Waals surface area contributed by atoms with E-state index in [-0.39, 0.29) is 18.3 Å². The molecule has 0 atom stereocenters. The van der Waals surface area contributed by atoms with Crippen molar-refractivity contribution in [2.24, 2.45) is 0 Å². The van der Waals surface area contributed by atoms with E-state index in [1.165, 1.54) is 24.3 Å². The Labute approximate surface area is 150 Å². The van der Waals surface area contributed by atoms with Gasteiger partial charge in [0.15, 0.2) is 12.4 Å². The first kappa shape index (κ1) is 17.4. The second-order valence-corrected chi connectivity index (χ2v) is 5.56. The highest BCUT2D eigenvalue weighted by atomic mass is 19.1. The zero-order valence-corrected chi connectivity index (χ0v) is 13.8. The van der Waals surface area contributed by atoms with Crippen LogP contribution in [-0.4, -0.2) is 18.3 Å². The second-order valence-electron chi connectivity index (χ2n) is 5.56. The smallest absolute Gasteiger partial charge is 0.255 e. The van der Waals surface area contributed by atoms with Crippen LogP contribution in [0.1, 0.15) is 20.7 Å². The van der Waals surface area contributed by atoms with Crippen molar-refractivity contribution in [1.82, 2.24) is 0 Å². The van der Waals surface area contributed by atoms with Gasteiger partial charge in [0.25, 0.3) is 5.91 Å². The number of hydrogen-bond acceptors (Lipinski definition) is 3. The third-order valence-electron chi connectivity index (χ3n) is 3.68. The van der Waals surface area contributed by atoms with E-state index in [1.54, 1.807) is 48.5 Å². The number of ether oxygens (including phenoxy) is 1. The lowest BCUT2D eigenvalue weighted by molar-refractivity contribution is 0.0921. The molecular weight excluding hydrogens is 333 g/mol. The Hall–Kier alpha value is -3.47. The molecule has 3 rings (SSSR count). The summed E-state index contributed by atoms with van der Waals surface area (Å²) in [6.07, 6.45) is 0. The summed E-state index contributed by atoms with van der Waals surface area (Å²) in [5.74, 6) is -0.342. The predicted molar refractivity (Wildman–Crippen MR) is 97.1 cm³/mol. The molecule has 5 heteroatoms. The van der Waals surface area contributed by atoms with E-state index in [4.69, 9.17) is 4.74 Å². The second kappa shape index (κ2) is 8.07. The van der Waals surface area contributed by atoms with Crippen LogP contribution < -0.4 is 10.1 Å². The number of benzene rings is 3. The number of anilines is 1. The van der Waals surface area contributed by atoms with E-state index >= 15 is 0 Å². The predicted octanol–water partition coefficient (Wildman–Crippen LogP) is 4.34. The molecule has 0 saturated heterocycles. The van der Waals surface area contributed by atoms with Crippen molar-refractivity contribution in [1.29, 1.82) is 0 Å². The molecule has 1 amide bonds. The van der Waals surface area contributed by atoms with Crippen LogP contribution in [0.25, 0.3) is 0 Å². The number of rotatable bonds is 6. The number of halogens is 1. The lowest BCUT2D eigenvalue weighted by Crippen LogP contribution is -2.12. The molecule has 0 spiro atoms. The number of carbonyl (C=O) groups excluding carboxylic acids is 2. The van der Waals surface area contributed by atoms with Gasteiger partial charge in [-0.2, -0.15) is 0 Å². The monoisotopic (exact) mass is 349 g/mol. The van der Waals surface area contributed by atoms with E-state index in [1.807, 2.05) is 6.07 Å². The van der Waals surface area contributed by atoms with Crippen molar-refractivity contribution in [3.05, 3.63) is 95.8 Å². The number of nitrogens with one attached hydrogen (secondary N) is 1. The van der Waals surface area contributed by atoms with Gasteiger partial charge < -0.3 is 10.1 Å². The first-order chi connectivity index (χ1) is 12.6. The van der Waals surface area contributed by atoms with Crippen LogP contribution in [0.3, 0.4) is 0 Å². The Morgan fingerprint density at radius 3 is 2.12 bits per heavy atom. The highest BCUT2D eigenvalue weighted by Gasteiger charge is 2.08. The third-order valence-corrected chi connectivity index (χ3v) is 3.68. The summed E-state index contributed by atoms with van der Waals surface area (Å²) in [6.45, 7) is -0.151. The van der Waals surface area contributed by atoms with Gasteiger partial charge in [-0.15, -0.1) is 0 Å². The first-order valence-corrected chi connectivity index (χ1v) is 8.00. The maximum Gasteiger partial charge on any atom is 0.255 e. The van der Waals surface area contributed by atoms with Crippen molar-refractivity contribution >= 4 is 17.4 Å². The number of ketones is 1. The normalized spacial score (nSPS) is 10.2. The highest BCUT2D eigenvalue weighted by Crippen LogP contribution is 2.17. The van der Waals surface area contributed by atoms with Gasteiger partial charge in [0, 0.05) is 16.8 Å². The standard InChI is InChI=1S/C21H16FNO3/c22-17-8-6-15(7-9-17)20(24)14-26-19-12-10-18(11-13-19)23-21(25)16-4-2-1-3-5-16/h1-13H,14H2,(H,23,25). The van der Waals surface area contributed by atoms with Gasteiger partial charge in [-0.05, 0) is 60.7 Å². The van der Waals surface area contributed by atoms with Crippen LogP contribution in [0.4, 0.5) is 10.1 Å². The molecule has 4 nitrogen and oxygen atoms in total. The molecule has 1 N–H and O–H groups in total. The fourth-order valence-corrected chi connectivity index (χ4v) is 2.30. The number of Topliss-reactive ketones (excluding diaryl/α,β-unsaturated/α-hetero) is 1. The van der Waals surface area contributed by atoms with Crippen molar-refractivity contribution in [3.63, 3.8) is 0 Å². The molecule has 0 saturated carbocycles. The number of carbonyl (C=O) groups is 2. The lowest BCUT2D eigenvalue weighted by Gasteiger charge is -2.08. The fraction of sp³-hybridized carbons (Fsp3) is 0.0476. The molecular formula is C21H16FNO3. The minimum absolute atomic E-state index is 0.151. The molecule has 0 fully saturated rings. The van der Waals surface area contributed by atoms with Gasteiger partial charge in [-0.1, -0.05) is 18.2 Å². The van der Waals surface area contributed by atoms with E-state index < -0.39 is 5.82 Å². The molecule has 0 bridgehead atoms. The molecule has 0 heterocycles. The van der Waals surface area contributed by atoms with Crippen LogP contribution >= 0.6 is 0 Å².